The second-order valence-electron chi connectivity index (χ2n) is 3.97. The molecule has 2 aromatic rings. The predicted octanol–water partition coefficient (Wildman–Crippen LogP) is -1.44. The van der Waals surface area contributed by atoms with Gasteiger partial charge >= 0.3 is 35.6 Å². The van der Waals surface area contributed by atoms with E-state index in [9.17, 15) is 13.0 Å². The summed E-state index contributed by atoms with van der Waals surface area (Å²) < 4.78 is 38.4. The van der Waals surface area contributed by atoms with Gasteiger partial charge in [0.1, 0.15) is 0 Å². The number of rotatable bonds is 7. The Morgan fingerprint density at radius 2 is 2.10 bits per heavy atom. The Bertz CT molecular complexity index is 689. The smallest absolute Gasteiger partial charge is 0.748 e. The molecule has 10 heteroatoms. The number of fused-ring (bicyclic) bond motifs is 1. The van der Waals surface area contributed by atoms with Crippen molar-refractivity contribution in [2.75, 3.05) is 12.0 Å². The number of imidazole rings is 1. The minimum absolute atomic E-state index is 0. The molecule has 0 radical (unpaired) electrons. The van der Waals surface area contributed by atoms with Crippen LogP contribution in [0.2, 0.25) is 0 Å². The summed E-state index contributed by atoms with van der Waals surface area (Å²) >= 11 is 1.02. The first-order valence-corrected chi connectivity index (χ1v) is 8.50. The van der Waals surface area contributed by atoms with Gasteiger partial charge < -0.3 is 4.55 Å². The van der Waals surface area contributed by atoms with Crippen LogP contribution < -0.4 is 34.4 Å². The van der Waals surface area contributed by atoms with E-state index in [-0.39, 0.29) is 42.0 Å². The number of hydrogen-bond donors (Lipinski definition) is 0. The van der Waals surface area contributed by atoms with Crippen LogP contribution in [0.1, 0.15) is 6.42 Å². The topological polar surface area (TPSA) is 93.5 Å². The number of benzene rings is 1. The van der Waals surface area contributed by atoms with Gasteiger partial charge in [0.15, 0.2) is 0 Å². The summed E-state index contributed by atoms with van der Waals surface area (Å²) in [7, 11) is -4.22. The predicted molar refractivity (Wildman–Crippen MR) is 74.1 cm³/mol. The molecule has 2 rings (SSSR count). The standard InChI is InChI=1S/C11H14N2O5S2.Na/c1-19-18-17-11-12-9-5-2-3-6-10(9)13(11)7-4-8-20(14,15)16;/h2-3,5-6H,4,7-8H2,1H3,(H,14,15,16);/q;+1/p-1. The average Bonchev–Trinajstić information content (AvgIpc) is 2.73. The van der Waals surface area contributed by atoms with Crippen molar-refractivity contribution in [3.05, 3.63) is 24.3 Å². The quantitative estimate of drug-likeness (QED) is 0.200. The second-order valence-corrected chi connectivity index (χ2v) is 5.96. The second kappa shape index (κ2) is 8.37. The Balaban J connectivity index is 0.00000220. The molecule has 1 heterocycles. The van der Waals surface area contributed by atoms with E-state index in [2.05, 4.69) is 4.98 Å². The van der Waals surface area contributed by atoms with E-state index < -0.39 is 15.9 Å². The monoisotopic (exact) mass is 340 g/mol. The molecule has 0 saturated carbocycles. The van der Waals surface area contributed by atoms with Gasteiger partial charge in [0, 0.05) is 30.6 Å². The number of aryl methyl sites for hydroxylation is 1. The van der Waals surface area contributed by atoms with Crippen molar-refractivity contribution in [3.63, 3.8) is 0 Å². The normalized spacial score (nSPS) is 11.3. The Hall–Kier alpha value is -0.290. The maximum Gasteiger partial charge on any atom is 1.00 e. The zero-order valence-corrected chi connectivity index (χ0v) is 15.3. The van der Waals surface area contributed by atoms with E-state index in [4.69, 9.17) is 9.22 Å². The van der Waals surface area contributed by atoms with Crippen LogP contribution in [-0.2, 0) is 21.0 Å². The fourth-order valence-electron chi connectivity index (χ4n) is 1.80. The van der Waals surface area contributed by atoms with Crippen molar-refractivity contribution < 1.29 is 51.7 Å². The van der Waals surface area contributed by atoms with Crippen LogP contribution in [0.5, 0.6) is 6.01 Å². The van der Waals surface area contributed by atoms with Crippen LogP contribution in [0, 0.1) is 0 Å². The molecule has 0 N–H and O–H groups in total. The minimum atomic E-state index is -4.22. The summed E-state index contributed by atoms with van der Waals surface area (Å²) in [6, 6.07) is 7.54. The van der Waals surface area contributed by atoms with E-state index in [1.165, 1.54) is 0 Å². The van der Waals surface area contributed by atoms with Crippen molar-refractivity contribution in [2.45, 2.75) is 13.0 Å². The molecule has 7 nitrogen and oxygen atoms in total. The van der Waals surface area contributed by atoms with Gasteiger partial charge in [-0.05, 0) is 18.6 Å². The van der Waals surface area contributed by atoms with Gasteiger partial charge in [0.05, 0.1) is 21.2 Å². The molecule has 0 aliphatic rings. The van der Waals surface area contributed by atoms with E-state index >= 15 is 0 Å². The van der Waals surface area contributed by atoms with E-state index in [1.807, 2.05) is 24.3 Å². The zero-order valence-electron chi connectivity index (χ0n) is 11.7. The van der Waals surface area contributed by atoms with Gasteiger partial charge in [-0.15, -0.1) is 4.33 Å². The molecule has 1 aromatic heterocycles. The van der Waals surface area contributed by atoms with Crippen LogP contribution in [0.25, 0.3) is 11.0 Å². The summed E-state index contributed by atoms with van der Waals surface area (Å²) in [6.45, 7) is 0.301. The van der Waals surface area contributed by atoms with Crippen LogP contribution >= 0.6 is 12.0 Å². The molecule has 0 saturated heterocycles. The Morgan fingerprint density at radius 1 is 1.38 bits per heavy atom. The number of hydrogen-bond acceptors (Lipinski definition) is 7. The number of aromatic nitrogens is 2. The van der Waals surface area contributed by atoms with E-state index in [1.54, 1.807) is 10.8 Å². The molecule has 110 valence electrons. The SMILES string of the molecule is CSOOc1nc2ccccc2n1CCCS(=O)(=O)[O-].[Na+]. The van der Waals surface area contributed by atoms with Crippen molar-refractivity contribution in [1.82, 2.24) is 9.55 Å². The first-order chi connectivity index (χ1) is 9.51. The first kappa shape index (κ1) is 18.8. The van der Waals surface area contributed by atoms with Gasteiger partial charge in [-0.1, -0.05) is 12.1 Å². The van der Waals surface area contributed by atoms with Crippen molar-refractivity contribution in [3.8, 4) is 6.01 Å². The number of para-hydroxylation sites is 2. The largest absolute Gasteiger partial charge is 1.00 e. The molecule has 0 amide bonds. The Kier molecular flexibility index (Phi) is 7.48. The molecule has 0 aliphatic heterocycles. The molecule has 0 unspecified atom stereocenters. The van der Waals surface area contributed by atoms with Gasteiger partial charge in [0.2, 0.25) is 0 Å². The third-order valence-electron chi connectivity index (χ3n) is 2.57. The molecular weight excluding hydrogens is 327 g/mol. The van der Waals surface area contributed by atoms with E-state index in [0.717, 1.165) is 17.6 Å². The van der Waals surface area contributed by atoms with Crippen LogP contribution in [-0.4, -0.2) is 34.5 Å². The molecule has 0 fully saturated rings. The first-order valence-electron chi connectivity index (χ1n) is 5.77. The van der Waals surface area contributed by atoms with Gasteiger partial charge in [-0.3, -0.25) is 9.45 Å². The van der Waals surface area contributed by atoms with Gasteiger partial charge in [-0.25, -0.2) is 8.42 Å². The van der Waals surface area contributed by atoms with Crippen molar-refractivity contribution >= 4 is 33.2 Å². The fourth-order valence-corrected chi connectivity index (χ4v) is 2.41. The molecule has 0 bridgehead atoms. The summed E-state index contributed by atoms with van der Waals surface area (Å²) in [6.07, 6.45) is 1.87. The molecule has 0 aliphatic carbocycles. The molecule has 21 heavy (non-hydrogen) atoms. The third-order valence-corrected chi connectivity index (χ3v) is 3.56. The third kappa shape index (κ3) is 5.44. The Morgan fingerprint density at radius 3 is 2.76 bits per heavy atom. The van der Waals surface area contributed by atoms with Crippen LogP contribution in [0.4, 0.5) is 0 Å². The summed E-state index contributed by atoms with van der Waals surface area (Å²) in [5, 5.41) is 0. The van der Waals surface area contributed by atoms with Crippen LogP contribution in [0.15, 0.2) is 24.3 Å². The van der Waals surface area contributed by atoms with Gasteiger partial charge in [0.25, 0.3) is 0 Å². The molecule has 0 spiro atoms. The maximum atomic E-state index is 10.6. The molecular formula is C11H13N2NaO5S2. The van der Waals surface area contributed by atoms with Crippen LogP contribution in [0.3, 0.4) is 0 Å². The Labute approximate surface area is 149 Å². The van der Waals surface area contributed by atoms with Gasteiger partial charge in [-0.2, -0.15) is 4.98 Å². The fraction of sp³-hybridized carbons (Fsp3) is 0.364. The average molecular weight is 340 g/mol. The summed E-state index contributed by atoms with van der Waals surface area (Å²) in [5.41, 5.74) is 1.49. The summed E-state index contributed by atoms with van der Waals surface area (Å²) in [5.74, 6) is -0.428. The zero-order chi connectivity index (χ0) is 14.6. The number of nitrogens with zero attached hydrogens (tertiary/aromatic N) is 2. The van der Waals surface area contributed by atoms with Crippen molar-refractivity contribution in [2.24, 2.45) is 0 Å². The molecule has 1 aromatic carbocycles. The van der Waals surface area contributed by atoms with Crippen molar-refractivity contribution in [1.29, 1.82) is 0 Å². The minimum Gasteiger partial charge on any atom is -0.748 e. The molecule has 0 atom stereocenters. The maximum absolute atomic E-state index is 10.6. The van der Waals surface area contributed by atoms with E-state index in [0.29, 0.717) is 12.1 Å². The summed E-state index contributed by atoms with van der Waals surface area (Å²) in [4.78, 5) is 9.28.